The first kappa shape index (κ1) is 21.0. The Kier molecular flexibility index (Phi) is 6.95. The molecule has 0 aliphatic rings. The monoisotopic (exact) mass is 433 g/mol. The van der Waals surface area contributed by atoms with E-state index >= 15 is 0 Å². The lowest BCUT2D eigenvalue weighted by Gasteiger charge is -2.10. The first-order valence-electron chi connectivity index (χ1n) is 8.72. The van der Waals surface area contributed by atoms with E-state index in [0.717, 1.165) is 16.1 Å². The second-order valence-corrected chi connectivity index (χ2v) is 7.31. The van der Waals surface area contributed by atoms with Gasteiger partial charge in [0.25, 0.3) is 0 Å². The van der Waals surface area contributed by atoms with Crippen LogP contribution in [0.25, 0.3) is 10.6 Å². The van der Waals surface area contributed by atoms with Gasteiger partial charge in [-0.2, -0.15) is 0 Å². The first-order valence-corrected chi connectivity index (χ1v) is 9.98. The lowest BCUT2D eigenvalue weighted by molar-refractivity contribution is -0.147. The van der Waals surface area contributed by atoms with E-state index in [9.17, 15) is 4.79 Å². The van der Waals surface area contributed by atoms with E-state index < -0.39 is 5.97 Å². The van der Waals surface area contributed by atoms with Crippen LogP contribution in [0.5, 0.6) is 17.2 Å². The maximum atomic E-state index is 12.0. The summed E-state index contributed by atoms with van der Waals surface area (Å²) in [6, 6.07) is 10.8. The highest BCUT2D eigenvalue weighted by Crippen LogP contribution is 2.39. The molecule has 0 unspecified atom stereocenters. The molecule has 0 amide bonds. The summed E-state index contributed by atoms with van der Waals surface area (Å²) in [5.74, 6) is 1.32. The number of esters is 1. The van der Waals surface area contributed by atoms with Crippen molar-refractivity contribution in [2.75, 3.05) is 20.8 Å². The number of halogens is 1. The third-order valence-electron chi connectivity index (χ3n) is 4.05. The first-order chi connectivity index (χ1) is 14.0. The number of aryl methyl sites for hydroxylation is 1. The van der Waals surface area contributed by atoms with E-state index in [1.54, 1.807) is 32.4 Å². The van der Waals surface area contributed by atoms with Gasteiger partial charge in [0, 0.05) is 10.4 Å². The van der Waals surface area contributed by atoms with Crippen LogP contribution in [0, 0.1) is 6.92 Å². The largest absolute Gasteiger partial charge is 0.493 e. The van der Waals surface area contributed by atoms with Crippen LogP contribution in [0.15, 0.2) is 41.8 Å². The second kappa shape index (κ2) is 9.62. The highest BCUT2D eigenvalue weighted by atomic mass is 35.5. The molecule has 0 aliphatic carbocycles. The average Bonchev–Trinajstić information content (AvgIpc) is 3.21. The number of carbonyl (C=O) groups is 1. The van der Waals surface area contributed by atoms with Crippen LogP contribution in [0.4, 0.5) is 0 Å². The van der Waals surface area contributed by atoms with Crippen molar-refractivity contribution >= 4 is 28.9 Å². The van der Waals surface area contributed by atoms with Crippen LogP contribution in [0.2, 0.25) is 5.02 Å². The quantitative estimate of drug-likeness (QED) is 0.470. The van der Waals surface area contributed by atoms with Crippen LogP contribution in [-0.2, 0) is 16.1 Å². The Bertz CT molecular complexity index is 1000. The molecule has 152 valence electrons. The third kappa shape index (κ3) is 5.19. The molecule has 0 radical (unpaired) electrons. The summed E-state index contributed by atoms with van der Waals surface area (Å²) in [7, 11) is 3.17. The fourth-order valence-corrected chi connectivity index (χ4v) is 3.54. The molecule has 0 saturated carbocycles. The number of hydrogen-bond donors (Lipinski definition) is 0. The van der Waals surface area contributed by atoms with E-state index in [1.165, 1.54) is 11.3 Å². The number of para-hydroxylation sites is 1. The summed E-state index contributed by atoms with van der Waals surface area (Å²) in [5, 5.41) is 3.23. The van der Waals surface area contributed by atoms with Gasteiger partial charge in [-0.25, -0.2) is 9.78 Å². The second-order valence-electron chi connectivity index (χ2n) is 6.05. The molecule has 0 saturated heterocycles. The van der Waals surface area contributed by atoms with Gasteiger partial charge >= 0.3 is 5.97 Å². The number of benzene rings is 2. The topological polar surface area (TPSA) is 66.9 Å². The van der Waals surface area contributed by atoms with Crippen LogP contribution in [0.1, 0.15) is 11.3 Å². The summed E-state index contributed by atoms with van der Waals surface area (Å²) in [5.41, 5.74) is 2.34. The van der Waals surface area contributed by atoms with Crippen molar-refractivity contribution in [1.29, 1.82) is 0 Å². The standard InChI is InChI=1S/C21H20ClNO5S/c1-13-9-15(7-8-17(13)22)27-11-19(24)28-10-14-12-29-21(23-14)16-5-4-6-18(25-2)20(16)26-3/h4-9,12H,10-11H2,1-3H3. The van der Waals surface area contributed by atoms with Gasteiger partial charge in [-0.3, -0.25) is 0 Å². The molecule has 1 heterocycles. The maximum absolute atomic E-state index is 12.0. The zero-order chi connectivity index (χ0) is 20.8. The predicted molar refractivity (Wildman–Crippen MR) is 112 cm³/mol. The fourth-order valence-electron chi connectivity index (χ4n) is 2.60. The fraction of sp³-hybridized carbons (Fsp3) is 0.238. The SMILES string of the molecule is COc1cccc(-c2nc(COC(=O)COc3ccc(Cl)c(C)c3)cs2)c1OC. The normalized spacial score (nSPS) is 10.5. The van der Waals surface area contributed by atoms with E-state index in [2.05, 4.69) is 4.98 Å². The summed E-state index contributed by atoms with van der Waals surface area (Å²) in [6.45, 7) is 1.73. The maximum Gasteiger partial charge on any atom is 0.344 e. The molecule has 0 bridgehead atoms. The van der Waals surface area contributed by atoms with Crippen molar-refractivity contribution in [2.24, 2.45) is 0 Å². The number of methoxy groups -OCH3 is 2. The molecule has 3 rings (SSSR count). The number of carbonyl (C=O) groups excluding carboxylic acids is 1. The molecule has 1 aromatic heterocycles. The Morgan fingerprint density at radius 2 is 2.00 bits per heavy atom. The van der Waals surface area contributed by atoms with E-state index in [4.69, 9.17) is 30.5 Å². The zero-order valence-electron chi connectivity index (χ0n) is 16.2. The van der Waals surface area contributed by atoms with Gasteiger partial charge in [-0.1, -0.05) is 17.7 Å². The van der Waals surface area contributed by atoms with Gasteiger partial charge < -0.3 is 18.9 Å². The van der Waals surface area contributed by atoms with Crippen molar-refractivity contribution in [3.05, 3.63) is 58.1 Å². The summed E-state index contributed by atoms with van der Waals surface area (Å²) >= 11 is 7.41. The molecule has 3 aromatic rings. The van der Waals surface area contributed by atoms with Crippen LogP contribution < -0.4 is 14.2 Å². The zero-order valence-corrected chi connectivity index (χ0v) is 17.8. The summed E-state index contributed by atoms with van der Waals surface area (Å²) < 4.78 is 21.5. The Morgan fingerprint density at radius 3 is 2.72 bits per heavy atom. The number of hydrogen-bond acceptors (Lipinski definition) is 7. The minimum absolute atomic E-state index is 0.0601. The minimum atomic E-state index is -0.480. The Labute approximate surface area is 178 Å². The smallest absolute Gasteiger partial charge is 0.344 e. The Balaban J connectivity index is 1.58. The highest BCUT2D eigenvalue weighted by molar-refractivity contribution is 7.13. The molecule has 0 aliphatic heterocycles. The van der Waals surface area contributed by atoms with Crippen LogP contribution in [0.3, 0.4) is 0 Å². The lowest BCUT2D eigenvalue weighted by Crippen LogP contribution is -2.14. The molecular weight excluding hydrogens is 414 g/mol. The third-order valence-corrected chi connectivity index (χ3v) is 5.40. The Morgan fingerprint density at radius 1 is 1.17 bits per heavy atom. The lowest BCUT2D eigenvalue weighted by atomic mass is 10.2. The van der Waals surface area contributed by atoms with E-state index in [0.29, 0.717) is 28.0 Å². The summed E-state index contributed by atoms with van der Waals surface area (Å²) in [4.78, 5) is 16.5. The van der Waals surface area contributed by atoms with Gasteiger partial charge in [0.2, 0.25) is 0 Å². The van der Waals surface area contributed by atoms with Crippen molar-refractivity contribution in [3.63, 3.8) is 0 Å². The molecule has 0 N–H and O–H groups in total. The minimum Gasteiger partial charge on any atom is -0.493 e. The van der Waals surface area contributed by atoms with Crippen LogP contribution >= 0.6 is 22.9 Å². The van der Waals surface area contributed by atoms with E-state index in [-0.39, 0.29) is 13.2 Å². The molecule has 6 nitrogen and oxygen atoms in total. The molecule has 29 heavy (non-hydrogen) atoms. The number of ether oxygens (including phenoxy) is 4. The molecular formula is C21H20ClNO5S. The van der Waals surface area contributed by atoms with Gasteiger partial charge in [-0.05, 0) is 42.8 Å². The Hall–Kier alpha value is -2.77. The van der Waals surface area contributed by atoms with Crippen molar-refractivity contribution in [2.45, 2.75) is 13.5 Å². The number of thiazole rings is 1. The predicted octanol–water partition coefficient (Wildman–Crippen LogP) is 4.91. The van der Waals surface area contributed by atoms with Crippen molar-refractivity contribution in [3.8, 4) is 27.8 Å². The molecule has 0 spiro atoms. The van der Waals surface area contributed by atoms with Crippen molar-refractivity contribution in [1.82, 2.24) is 4.98 Å². The van der Waals surface area contributed by atoms with Crippen LogP contribution in [-0.4, -0.2) is 31.8 Å². The molecule has 2 aromatic carbocycles. The number of rotatable bonds is 8. The molecule has 8 heteroatoms. The van der Waals surface area contributed by atoms with Gasteiger partial charge in [-0.15, -0.1) is 11.3 Å². The van der Waals surface area contributed by atoms with Gasteiger partial charge in [0.1, 0.15) is 17.4 Å². The molecule has 0 fully saturated rings. The number of nitrogens with zero attached hydrogens (tertiary/aromatic N) is 1. The highest BCUT2D eigenvalue weighted by Gasteiger charge is 2.15. The van der Waals surface area contributed by atoms with Gasteiger partial charge in [0.05, 0.1) is 25.5 Å². The molecule has 0 atom stereocenters. The summed E-state index contributed by atoms with van der Waals surface area (Å²) in [6.07, 6.45) is 0. The van der Waals surface area contributed by atoms with E-state index in [1.807, 2.05) is 30.5 Å². The van der Waals surface area contributed by atoms with Crippen molar-refractivity contribution < 1.29 is 23.7 Å². The number of aromatic nitrogens is 1. The van der Waals surface area contributed by atoms with Gasteiger partial charge in [0.15, 0.2) is 18.1 Å². The average molecular weight is 434 g/mol.